The normalized spacial score (nSPS) is 15.5. The minimum Gasteiger partial charge on any atom is -0.431 e. The SMILES string of the molecule is Cc1coc(=O)c2c1NC(Nc1nc3ccccc3o1)=[NH+][C@H]2c1ccc(F)cc1. The summed E-state index contributed by atoms with van der Waals surface area (Å²) in [5, 5.41) is 6.25. The Morgan fingerprint density at radius 3 is 2.76 bits per heavy atom. The smallest absolute Gasteiger partial charge is 0.365 e. The van der Waals surface area contributed by atoms with Crippen LogP contribution < -0.4 is 21.3 Å². The van der Waals surface area contributed by atoms with E-state index in [2.05, 4.69) is 20.6 Å². The molecule has 144 valence electrons. The van der Waals surface area contributed by atoms with Gasteiger partial charge in [0.05, 0.1) is 0 Å². The number of hydrogen-bond acceptors (Lipinski definition) is 6. The first-order valence-corrected chi connectivity index (χ1v) is 8.99. The van der Waals surface area contributed by atoms with Crippen LogP contribution in [-0.2, 0) is 0 Å². The first-order chi connectivity index (χ1) is 14.1. The molecule has 2 aromatic heterocycles. The molecule has 29 heavy (non-hydrogen) atoms. The summed E-state index contributed by atoms with van der Waals surface area (Å²) in [5.74, 6) is 0.125. The molecule has 0 spiro atoms. The van der Waals surface area contributed by atoms with E-state index >= 15 is 0 Å². The average Bonchev–Trinajstić information content (AvgIpc) is 3.13. The van der Waals surface area contributed by atoms with E-state index in [0.717, 1.165) is 11.1 Å². The van der Waals surface area contributed by atoms with Crippen LogP contribution in [0.1, 0.15) is 22.7 Å². The molecule has 3 N–H and O–H groups in total. The van der Waals surface area contributed by atoms with Gasteiger partial charge in [-0.2, -0.15) is 10.3 Å². The number of oxazole rings is 1. The van der Waals surface area contributed by atoms with Gasteiger partial charge in [-0.05, 0) is 36.8 Å². The van der Waals surface area contributed by atoms with Gasteiger partial charge in [0.25, 0.3) is 0 Å². The maximum absolute atomic E-state index is 13.4. The van der Waals surface area contributed by atoms with Crippen LogP contribution in [0.4, 0.5) is 16.1 Å². The number of benzene rings is 2. The molecule has 0 saturated heterocycles. The van der Waals surface area contributed by atoms with E-state index in [1.54, 1.807) is 12.1 Å². The molecule has 0 bridgehead atoms. The minimum absolute atomic E-state index is 0.295. The van der Waals surface area contributed by atoms with Crippen LogP contribution in [0.25, 0.3) is 11.1 Å². The fraction of sp³-hybridized carbons (Fsp3) is 0.0952. The summed E-state index contributed by atoms with van der Waals surface area (Å²) in [7, 11) is 0. The van der Waals surface area contributed by atoms with Crippen molar-refractivity contribution in [3.05, 3.63) is 87.7 Å². The second-order valence-corrected chi connectivity index (χ2v) is 6.74. The van der Waals surface area contributed by atoms with Crippen LogP contribution >= 0.6 is 0 Å². The highest BCUT2D eigenvalue weighted by molar-refractivity contribution is 6.01. The zero-order chi connectivity index (χ0) is 20.0. The van der Waals surface area contributed by atoms with Gasteiger partial charge >= 0.3 is 17.6 Å². The van der Waals surface area contributed by atoms with Crippen molar-refractivity contribution in [3.8, 4) is 0 Å². The molecule has 0 aliphatic carbocycles. The van der Waals surface area contributed by atoms with Gasteiger partial charge in [0, 0.05) is 5.56 Å². The molecule has 0 unspecified atom stereocenters. The van der Waals surface area contributed by atoms with Crippen molar-refractivity contribution < 1.29 is 18.2 Å². The maximum atomic E-state index is 13.4. The molecule has 0 amide bonds. The highest BCUT2D eigenvalue weighted by atomic mass is 19.1. The fourth-order valence-corrected chi connectivity index (χ4v) is 3.39. The average molecular weight is 391 g/mol. The van der Waals surface area contributed by atoms with Gasteiger partial charge in [-0.15, -0.1) is 0 Å². The molecular weight excluding hydrogens is 375 g/mol. The van der Waals surface area contributed by atoms with Gasteiger partial charge in [-0.1, -0.05) is 24.3 Å². The molecule has 8 heteroatoms. The molecule has 4 aromatic rings. The summed E-state index contributed by atoms with van der Waals surface area (Å²) in [6.07, 6.45) is 1.40. The highest BCUT2D eigenvalue weighted by Gasteiger charge is 2.33. The van der Waals surface area contributed by atoms with Crippen molar-refractivity contribution in [1.82, 2.24) is 4.98 Å². The highest BCUT2D eigenvalue weighted by Crippen LogP contribution is 2.28. The van der Waals surface area contributed by atoms with Gasteiger partial charge in [-0.25, -0.2) is 14.5 Å². The molecular formula is C21H16FN4O3+. The molecule has 0 radical (unpaired) electrons. The Balaban J connectivity index is 1.59. The van der Waals surface area contributed by atoms with E-state index in [1.807, 2.05) is 31.2 Å². The number of aromatic nitrogens is 1. The predicted octanol–water partition coefficient (Wildman–Crippen LogP) is 2.29. The van der Waals surface area contributed by atoms with E-state index in [4.69, 9.17) is 8.83 Å². The Morgan fingerprint density at radius 1 is 1.17 bits per heavy atom. The molecule has 1 aliphatic heterocycles. The molecule has 0 fully saturated rings. The fourth-order valence-electron chi connectivity index (χ4n) is 3.39. The van der Waals surface area contributed by atoms with Crippen LogP contribution in [0.3, 0.4) is 0 Å². The van der Waals surface area contributed by atoms with Crippen molar-refractivity contribution in [1.29, 1.82) is 0 Å². The van der Waals surface area contributed by atoms with Gasteiger partial charge in [0.15, 0.2) is 5.58 Å². The van der Waals surface area contributed by atoms with E-state index < -0.39 is 11.7 Å². The second kappa shape index (κ2) is 6.59. The van der Waals surface area contributed by atoms with Crippen molar-refractivity contribution >= 4 is 28.8 Å². The summed E-state index contributed by atoms with van der Waals surface area (Å²) in [6, 6.07) is 13.1. The zero-order valence-electron chi connectivity index (χ0n) is 15.3. The van der Waals surface area contributed by atoms with Crippen LogP contribution in [0.2, 0.25) is 0 Å². The third-order valence-electron chi connectivity index (χ3n) is 4.78. The van der Waals surface area contributed by atoms with Crippen LogP contribution in [0.15, 0.2) is 68.4 Å². The Labute approximate surface area is 163 Å². The Hall–Kier alpha value is -3.94. The first kappa shape index (κ1) is 17.2. The van der Waals surface area contributed by atoms with Gasteiger partial charge < -0.3 is 8.83 Å². The number of anilines is 2. The number of halogens is 1. The zero-order valence-corrected chi connectivity index (χ0v) is 15.3. The maximum Gasteiger partial charge on any atom is 0.365 e. The van der Waals surface area contributed by atoms with E-state index in [9.17, 15) is 9.18 Å². The van der Waals surface area contributed by atoms with E-state index in [0.29, 0.717) is 34.4 Å². The molecule has 7 nitrogen and oxygen atoms in total. The molecule has 2 aromatic carbocycles. The Kier molecular flexibility index (Phi) is 3.90. The van der Waals surface area contributed by atoms with E-state index in [-0.39, 0.29) is 5.82 Å². The predicted molar refractivity (Wildman–Crippen MR) is 105 cm³/mol. The molecule has 3 heterocycles. The number of aryl methyl sites for hydroxylation is 1. The minimum atomic E-state index is -0.546. The van der Waals surface area contributed by atoms with Gasteiger partial charge in [0.2, 0.25) is 0 Å². The third-order valence-corrected chi connectivity index (χ3v) is 4.78. The Morgan fingerprint density at radius 2 is 1.97 bits per heavy atom. The van der Waals surface area contributed by atoms with Crippen LogP contribution in [0, 0.1) is 12.7 Å². The summed E-state index contributed by atoms with van der Waals surface area (Å²) in [5.41, 5.74) is 3.40. The lowest BCUT2D eigenvalue weighted by atomic mass is 9.97. The third kappa shape index (κ3) is 3.04. The van der Waals surface area contributed by atoms with E-state index in [1.165, 1.54) is 18.4 Å². The van der Waals surface area contributed by atoms with Crippen LogP contribution in [-0.4, -0.2) is 10.9 Å². The van der Waals surface area contributed by atoms with Crippen molar-refractivity contribution in [2.75, 3.05) is 10.6 Å². The second-order valence-electron chi connectivity index (χ2n) is 6.74. The topological polar surface area (TPSA) is 94.3 Å². The number of hydrogen-bond donors (Lipinski definition) is 3. The monoisotopic (exact) mass is 391 g/mol. The Bertz CT molecular complexity index is 1270. The quantitative estimate of drug-likeness (QED) is 0.485. The summed E-state index contributed by atoms with van der Waals surface area (Å²) >= 11 is 0. The lowest BCUT2D eigenvalue weighted by molar-refractivity contribution is -0.499. The van der Waals surface area contributed by atoms with Crippen molar-refractivity contribution in [2.45, 2.75) is 13.0 Å². The number of nitrogens with one attached hydrogen (secondary N) is 3. The summed E-state index contributed by atoms with van der Waals surface area (Å²) in [4.78, 5) is 20.1. The molecule has 1 atom stereocenters. The lowest BCUT2D eigenvalue weighted by Gasteiger charge is -2.21. The number of para-hydroxylation sites is 2. The summed E-state index contributed by atoms with van der Waals surface area (Å²) < 4.78 is 24.3. The molecule has 1 aliphatic rings. The van der Waals surface area contributed by atoms with Crippen molar-refractivity contribution in [3.63, 3.8) is 0 Å². The first-order valence-electron chi connectivity index (χ1n) is 8.99. The summed E-state index contributed by atoms with van der Waals surface area (Å²) in [6.45, 7) is 1.83. The number of guanidine groups is 1. The number of fused-ring (bicyclic) bond motifs is 2. The lowest BCUT2D eigenvalue weighted by Crippen LogP contribution is -2.80. The number of nitrogens with zero attached hydrogens (tertiary/aromatic N) is 1. The van der Waals surface area contributed by atoms with Gasteiger partial charge in [-0.3, -0.25) is 4.99 Å². The molecule has 5 rings (SSSR count). The standard InChI is InChI=1S/C21H15FN4O3/c1-11-10-28-19(27)16-17(11)24-20(25-18(16)12-6-8-13(22)9-7-12)26-21-23-14-4-2-3-5-15(14)29-21/h2-10,18H,1H3,(H2,23,24,25,26)/p+1/t18-/m0/s1. The largest absolute Gasteiger partial charge is 0.431 e. The number of rotatable bonds is 2. The van der Waals surface area contributed by atoms with Crippen molar-refractivity contribution in [2.24, 2.45) is 0 Å². The van der Waals surface area contributed by atoms with Gasteiger partial charge in [0.1, 0.15) is 34.9 Å². The van der Waals surface area contributed by atoms with Crippen LogP contribution in [0.5, 0.6) is 0 Å². The molecule has 0 saturated carbocycles.